The van der Waals surface area contributed by atoms with Crippen molar-refractivity contribution in [2.75, 3.05) is 20.2 Å². The lowest BCUT2D eigenvalue weighted by Crippen LogP contribution is -2.48. The van der Waals surface area contributed by atoms with Gasteiger partial charge < -0.3 is 19.3 Å². The fourth-order valence-electron chi connectivity index (χ4n) is 2.70. The molecule has 0 bridgehead atoms. The van der Waals surface area contributed by atoms with E-state index in [0.717, 1.165) is 5.69 Å². The number of ether oxygens (including phenoxy) is 1. The molecule has 0 aliphatic carbocycles. The molecule has 2 heterocycles. The molecule has 1 unspecified atom stereocenters. The van der Waals surface area contributed by atoms with Crippen molar-refractivity contribution in [3.63, 3.8) is 0 Å². The highest BCUT2D eigenvalue weighted by molar-refractivity contribution is 6.30. The summed E-state index contributed by atoms with van der Waals surface area (Å²) in [4.78, 5) is 14.0. The average Bonchev–Trinajstić information content (AvgIpc) is 2.95. The van der Waals surface area contributed by atoms with Crippen LogP contribution in [0.5, 0.6) is 0 Å². The van der Waals surface area contributed by atoms with Crippen LogP contribution in [-0.2, 0) is 16.1 Å². The number of carbonyl (C=O) groups excluding carboxylic acids is 1. The van der Waals surface area contributed by atoms with Gasteiger partial charge in [-0.2, -0.15) is 0 Å². The molecule has 0 saturated carbocycles. The maximum Gasteiger partial charge on any atom is 0.225 e. The number of likely N-dealkylation sites (tertiary alicyclic amines) is 1. The Labute approximate surface area is 144 Å². The number of nitrogens with zero attached hydrogens (tertiary/aromatic N) is 2. The average molecular weight is 351 g/mol. The second-order valence-electron chi connectivity index (χ2n) is 5.92. The van der Waals surface area contributed by atoms with E-state index in [1.54, 1.807) is 36.3 Å². The van der Waals surface area contributed by atoms with Gasteiger partial charge in [0.25, 0.3) is 0 Å². The molecular weight excluding hydrogens is 332 g/mol. The van der Waals surface area contributed by atoms with Crippen LogP contribution >= 0.6 is 11.6 Å². The zero-order chi connectivity index (χ0) is 17.1. The standard InChI is InChI=1S/C17H19ClN2O4/c1-23-10-14-6-15(19-24-14)12-8-20(9-12)17(22)7-16(21)11-2-4-13(18)5-3-11/h2-6,12,16,21H,7-10H2,1H3. The predicted molar refractivity (Wildman–Crippen MR) is 87.6 cm³/mol. The number of rotatable bonds is 6. The van der Waals surface area contributed by atoms with E-state index in [2.05, 4.69) is 5.16 Å². The number of aliphatic hydroxyl groups is 1. The summed E-state index contributed by atoms with van der Waals surface area (Å²) >= 11 is 5.82. The lowest BCUT2D eigenvalue weighted by atomic mass is 9.95. The first kappa shape index (κ1) is 17.0. The number of amides is 1. The van der Waals surface area contributed by atoms with Crippen LogP contribution in [-0.4, -0.2) is 41.3 Å². The van der Waals surface area contributed by atoms with Crippen LogP contribution < -0.4 is 0 Å². The number of benzene rings is 1. The minimum absolute atomic E-state index is 0.0576. The number of aliphatic hydroxyl groups excluding tert-OH is 1. The first-order chi connectivity index (χ1) is 11.6. The summed E-state index contributed by atoms with van der Waals surface area (Å²) in [5.41, 5.74) is 1.52. The van der Waals surface area contributed by atoms with E-state index >= 15 is 0 Å². The molecule has 1 fully saturated rings. The van der Waals surface area contributed by atoms with Crippen molar-refractivity contribution in [2.24, 2.45) is 0 Å². The summed E-state index contributed by atoms with van der Waals surface area (Å²) in [5.74, 6) is 0.778. The molecule has 1 amide bonds. The van der Waals surface area contributed by atoms with E-state index in [9.17, 15) is 9.90 Å². The van der Waals surface area contributed by atoms with Crippen molar-refractivity contribution in [3.8, 4) is 0 Å². The molecule has 1 aromatic carbocycles. The normalized spacial score (nSPS) is 16.0. The van der Waals surface area contributed by atoms with Crippen LogP contribution in [0.2, 0.25) is 5.02 Å². The highest BCUT2D eigenvalue weighted by Crippen LogP contribution is 2.29. The van der Waals surface area contributed by atoms with Crippen molar-refractivity contribution in [3.05, 3.63) is 52.4 Å². The van der Waals surface area contributed by atoms with Crippen LogP contribution in [0.25, 0.3) is 0 Å². The minimum Gasteiger partial charge on any atom is -0.388 e. The molecule has 1 saturated heterocycles. The van der Waals surface area contributed by atoms with Crippen molar-refractivity contribution in [2.45, 2.75) is 25.0 Å². The molecule has 1 atom stereocenters. The van der Waals surface area contributed by atoms with Crippen molar-refractivity contribution in [1.82, 2.24) is 10.1 Å². The summed E-state index contributed by atoms with van der Waals surface area (Å²) in [7, 11) is 1.60. The Morgan fingerprint density at radius 2 is 2.17 bits per heavy atom. The van der Waals surface area contributed by atoms with Gasteiger partial charge in [-0.3, -0.25) is 4.79 Å². The fraction of sp³-hybridized carbons (Fsp3) is 0.412. The quantitative estimate of drug-likeness (QED) is 0.866. The topological polar surface area (TPSA) is 75.8 Å². The Hall–Kier alpha value is -1.89. The summed E-state index contributed by atoms with van der Waals surface area (Å²) in [6.45, 7) is 1.56. The number of hydrogen-bond donors (Lipinski definition) is 1. The van der Waals surface area contributed by atoms with Gasteiger partial charge in [-0.1, -0.05) is 28.9 Å². The van der Waals surface area contributed by atoms with Gasteiger partial charge in [-0.25, -0.2) is 0 Å². The zero-order valence-corrected chi connectivity index (χ0v) is 14.1. The third-order valence-corrected chi connectivity index (χ3v) is 4.39. The van der Waals surface area contributed by atoms with Crippen LogP contribution in [0.15, 0.2) is 34.9 Å². The molecule has 0 radical (unpaired) electrons. The second-order valence-corrected chi connectivity index (χ2v) is 6.35. The molecule has 7 heteroatoms. The first-order valence-corrected chi connectivity index (χ1v) is 8.10. The smallest absolute Gasteiger partial charge is 0.225 e. The Bertz CT molecular complexity index is 695. The highest BCUT2D eigenvalue weighted by Gasteiger charge is 2.34. The summed E-state index contributed by atoms with van der Waals surface area (Å²) < 4.78 is 10.2. The van der Waals surface area contributed by atoms with Crippen LogP contribution in [0.3, 0.4) is 0 Å². The van der Waals surface area contributed by atoms with Crippen LogP contribution in [0.4, 0.5) is 0 Å². The fourth-order valence-corrected chi connectivity index (χ4v) is 2.82. The largest absolute Gasteiger partial charge is 0.388 e. The van der Waals surface area contributed by atoms with Crippen molar-refractivity contribution in [1.29, 1.82) is 0 Å². The number of aromatic nitrogens is 1. The van der Waals surface area contributed by atoms with Crippen LogP contribution in [0, 0.1) is 0 Å². The van der Waals surface area contributed by atoms with Gasteiger partial charge in [-0.15, -0.1) is 0 Å². The molecule has 6 nitrogen and oxygen atoms in total. The van der Waals surface area contributed by atoms with Gasteiger partial charge in [0.1, 0.15) is 6.61 Å². The molecule has 3 rings (SSSR count). The van der Waals surface area contributed by atoms with Gasteiger partial charge in [0.15, 0.2) is 5.76 Å². The van der Waals surface area contributed by atoms with Gasteiger partial charge in [-0.05, 0) is 17.7 Å². The van der Waals surface area contributed by atoms with E-state index < -0.39 is 6.10 Å². The lowest BCUT2D eigenvalue weighted by molar-refractivity contribution is -0.137. The monoisotopic (exact) mass is 350 g/mol. The maximum absolute atomic E-state index is 12.2. The molecule has 1 N–H and O–H groups in total. The van der Waals surface area contributed by atoms with Crippen molar-refractivity contribution >= 4 is 17.5 Å². The molecule has 1 aliphatic rings. The number of carbonyl (C=O) groups is 1. The molecule has 128 valence electrons. The summed E-state index contributed by atoms with van der Waals surface area (Å²) in [5, 5.41) is 14.8. The van der Waals surface area contributed by atoms with Gasteiger partial charge in [0.05, 0.1) is 18.2 Å². The third kappa shape index (κ3) is 3.77. The van der Waals surface area contributed by atoms with Gasteiger partial charge in [0.2, 0.25) is 5.91 Å². The number of methoxy groups -OCH3 is 1. The predicted octanol–water partition coefficient (Wildman–Crippen LogP) is 2.52. The highest BCUT2D eigenvalue weighted by atomic mass is 35.5. The van der Waals surface area contributed by atoms with Gasteiger partial charge >= 0.3 is 0 Å². The summed E-state index contributed by atoms with van der Waals surface area (Å²) in [6.07, 6.45) is -0.767. The van der Waals surface area contributed by atoms with E-state index in [4.69, 9.17) is 20.9 Å². The number of halogens is 1. The third-order valence-electron chi connectivity index (χ3n) is 4.14. The Balaban J connectivity index is 1.49. The first-order valence-electron chi connectivity index (χ1n) is 7.72. The SMILES string of the molecule is COCc1cc(C2CN(C(=O)CC(O)c3ccc(Cl)cc3)C2)no1. The molecule has 1 aliphatic heterocycles. The molecular formula is C17H19ClN2O4. The molecule has 24 heavy (non-hydrogen) atoms. The van der Waals surface area contributed by atoms with Crippen molar-refractivity contribution < 1.29 is 19.2 Å². The Morgan fingerprint density at radius 1 is 1.46 bits per heavy atom. The molecule has 0 spiro atoms. The minimum atomic E-state index is -0.825. The number of hydrogen-bond acceptors (Lipinski definition) is 5. The lowest BCUT2D eigenvalue weighted by Gasteiger charge is -2.38. The van der Waals surface area contributed by atoms with E-state index in [1.165, 1.54) is 0 Å². The Kier molecular flexibility index (Phi) is 5.18. The van der Waals surface area contributed by atoms with E-state index in [1.807, 2.05) is 6.07 Å². The zero-order valence-electron chi connectivity index (χ0n) is 13.3. The van der Waals surface area contributed by atoms with Gasteiger partial charge in [0, 0.05) is 37.2 Å². The Morgan fingerprint density at radius 3 is 2.83 bits per heavy atom. The molecule has 2 aromatic rings. The van der Waals surface area contributed by atoms with Crippen LogP contribution in [0.1, 0.15) is 35.5 Å². The second kappa shape index (κ2) is 7.34. The van der Waals surface area contributed by atoms with E-state index in [0.29, 0.717) is 36.0 Å². The van der Waals surface area contributed by atoms with E-state index in [-0.39, 0.29) is 18.2 Å². The molecule has 1 aromatic heterocycles. The maximum atomic E-state index is 12.2. The summed E-state index contributed by atoms with van der Waals surface area (Å²) in [6, 6.07) is 8.72.